The highest BCUT2D eigenvalue weighted by atomic mass is 35.5. The van der Waals surface area contributed by atoms with Crippen LogP contribution in [-0.2, 0) is 6.18 Å². The number of imidazole rings is 1. The first kappa shape index (κ1) is 17.1. The van der Waals surface area contributed by atoms with Crippen molar-refractivity contribution in [3.63, 3.8) is 0 Å². The van der Waals surface area contributed by atoms with Crippen molar-refractivity contribution in [3.05, 3.63) is 58.8 Å². The van der Waals surface area contributed by atoms with Gasteiger partial charge in [0.25, 0.3) is 0 Å². The summed E-state index contributed by atoms with van der Waals surface area (Å²) in [6.07, 6.45) is -2.50. The fourth-order valence-corrected chi connectivity index (χ4v) is 3.50. The molecular formula is C17H13ClF4N4. The molecule has 1 atom stereocenters. The normalized spacial score (nSPS) is 18.0. The molecule has 0 amide bonds. The summed E-state index contributed by atoms with van der Waals surface area (Å²) in [7, 11) is 0. The molecule has 1 saturated heterocycles. The molecule has 1 aliphatic rings. The fraction of sp³-hybridized carbons (Fsp3) is 0.294. The van der Waals surface area contributed by atoms with Crippen molar-refractivity contribution >= 4 is 22.9 Å². The molecule has 3 heterocycles. The zero-order chi connectivity index (χ0) is 18.5. The molecular weight excluding hydrogens is 372 g/mol. The Morgan fingerprint density at radius 1 is 1.15 bits per heavy atom. The minimum Gasteiger partial charge on any atom is -0.368 e. The summed E-state index contributed by atoms with van der Waals surface area (Å²) >= 11 is 5.99. The maximum Gasteiger partial charge on any atom is 0.416 e. The lowest BCUT2D eigenvalue weighted by molar-refractivity contribution is -0.137. The second kappa shape index (κ2) is 6.12. The third kappa shape index (κ3) is 2.98. The van der Waals surface area contributed by atoms with E-state index in [9.17, 15) is 17.6 Å². The average molecular weight is 385 g/mol. The number of halogens is 5. The molecule has 2 aromatic heterocycles. The maximum absolute atomic E-state index is 13.7. The SMILES string of the molecule is Fc1cnc2c(N3CCC(c4ccc(C(F)(F)F)cc4)C3)cc(Cl)nn12. The molecule has 0 radical (unpaired) electrons. The number of hydrogen-bond acceptors (Lipinski definition) is 3. The Morgan fingerprint density at radius 2 is 1.88 bits per heavy atom. The first-order valence-electron chi connectivity index (χ1n) is 7.95. The Balaban J connectivity index is 1.59. The third-order valence-corrected chi connectivity index (χ3v) is 4.80. The predicted molar refractivity (Wildman–Crippen MR) is 89.0 cm³/mol. The van der Waals surface area contributed by atoms with Gasteiger partial charge in [-0.3, -0.25) is 0 Å². The van der Waals surface area contributed by atoms with Gasteiger partial charge >= 0.3 is 6.18 Å². The maximum atomic E-state index is 13.7. The summed E-state index contributed by atoms with van der Waals surface area (Å²) in [5.74, 6) is -0.536. The monoisotopic (exact) mass is 384 g/mol. The number of hydrogen-bond donors (Lipinski definition) is 0. The van der Waals surface area contributed by atoms with Crippen LogP contribution < -0.4 is 4.90 Å². The van der Waals surface area contributed by atoms with Gasteiger partial charge in [-0.2, -0.15) is 27.2 Å². The van der Waals surface area contributed by atoms with Gasteiger partial charge in [0.05, 0.1) is 17.4 Å². The second-order valence-electron chi connectivity index (χ2n) is 6.22. The Morgan fingerprint density at radius 3 is 2.58 bits per heavy atom. The number of alkyl halides is 3. The van der Waals surface area contributed by atoms with Crippen LogP contribution in [0.1, 0.15) is 23.5 Å². The van der Waals surface area contributed by atoms with Crippen molar-refractivity contribution in [3.8, 4) is 0 Å². The molecule has 9 heteroatoms. The molecule has 0 aliphatic carbocycles. The van der Waals surface area contributed by atoms with Crippen molar-refractivity contribution < 1.29 is 17.6 Å². The van der Waals surface area contributed by atoms with E-state index in [0.29, 0.717) is 24.4 Å². The zero-order valence-electron chi connectivity index (χ0n) is 13.3. The van der Waals surface area contributed by atoms with Crippen molar-refractivity contribution in [2.24, 2.45) is 0 Å². The molecule has 0 saturated carbocycles. The fourth-order valence-electron chi connectivity index (χ4n) is 3.32. The lowest BCUT2D eigenvalue weighted by atomic mass is 9.97. The Kier molecular flexibility index (Phi) is 4.02. The van der Waals surface area contributed by atoms with Crippen LogP contribution in [0.5, 0.6) is 0 Å². The first-order valence-corrected chi connectivity index (χ1v) is 8.32. The van der Waals surface area contributed by atoms with Gasteiger partial charge in [-0.1, -0.05) is 23.7 Å². The van der Waals surface area contributed by atoms with E-state index >= 15 is 0 Å². The quantitative estimate of drug-likeness (QED) is 0.608. The number of anilines is 1. The molecule has 0 N–H and O–H groups in total. The molecule has 4 rings (SSSR count). The summed E-state index contributed by atoms with van der Waals surface area (Å²) in [6.45, 7) is 1.24. The van der Waals surface area contributed by atoms with Crippen LogP contribution in [0.4, 0.5) is 23.2 Å². The number of aromatic nitrogens is 3. The van der Waals surface area contributed by atoms with Gasteiger partial charge in [0, 0.05) is 25.1 Å². The van der Waals surface area contributed by atoms with E-state index < -0.39 is 17.7 Å². The molecule has 136 valence electrons. The molecule has 1 unspecified atom stereocenters. The summed E-state index contributed by atoms with van der Waals surface area (Å²) in [4.78, 5) is 6.04. The summed E-state index contributed by atoms with van der Waals surface area (Å²) in [5, 5.41) is 4.03. The summed E-state index contributed by atoms with van der Waals surface area (Å²) in [5.41, 5.74) is 1.20. The minimum atomic E-state index is -4.34. The molecule has 3 aromatic rings. The van der Waals surface area contributed by atoms with Gasteiger partial charge in [-0.15, -0.1) is 0 Å². The largest absolute Gasteiger partial charge is 0.416 e. The van der Waals surface area contributed by atoms with E-state index in [1.165, 1.54) is 12.1 Å². The van der Waals surface area contributed by atoms with Crippen molar-refractivity contribution in [2.45, 2.75) is 18.5 Å². The highest BCUT2D eigenvalue weighted by molar-refractivity contribution is 6.29. The predicted octanol–water partition coefficient (Wildman–Crippen LogP) is 4.53. The van der Waals surface area contributed by atoms with Crippen LogP contribution in [0.3, 0.4) is 0 Å². The highest BCUT2D eigenvalue weighted by Gasteiger charge is 2.31. The van der Waals surface area contributed by atoms with E-state index in [1.54, 1.807) is 6.07 Å². The first-order chi connectivity index (χ1) is 12.3. The molecule has 0 spiro atoms. The van der Waals surface area contributed by atoms with Crippen LogP contribution in [0, 0.1) is 5.95 Å². The third-order valence-electron chi connectivity index (χ3n) is 4.62. The van der Waals surface area contributed by atoms with E-state index in [2.05, 4.69) is 10.1 Å². The van der Waals surface area contributed by atoms with Crippen LogP contribution in [0.25, 0.3) is 5.65 Å². The average Bonchev–Trinajstić information content (AvgIpc) is 3.22. The highest BCUT2D eigenvalue weighted by Crippen LogP contribution is 2.35. The topological polar surface area (TPSA) is 33.4 Å². The van der Waals surface area contributed by atoms with Crippen LogP contribution in [0.2, 0.25) is 5.15 Å². The van der Waals surface area contributed by atoms with E-state index in [1.807, 2.05) is 4.90 Å². The zero-order valence-corrected chi connectivity index (χ0v) is 14.1. The number of nitrogens with zero attached hydrogens (tertiary/aromatic N) is 4. The van der Waals surface area contributed by atoms with Gasteiger partial charge in [0.15, 0.2) is 10.8 Å². The molecule has 1 fully saturated rings. The Hall–Kier alpha value is -2.35. The van der Waals surface area contributed by atoms with Crippen molar-refractivity contribution in [1.82, 2.24) is 14.6 Å². The number of fused-ring (bicyclic) bond motifs is 1. The number of benzene rings is 1. The smallest absolute Gasteiger partial charge is 0.368 e. The van der Waals surface area contributed by atoms with E-state index in [-0.39, 0.29) is 11.1 Å². The van der Waals surface area contributed by atoms with Crippen LogP contribution in [0.15, 0.2) is 36.5 Å². The lowest BCUT2D eigenvalue weighted by Gasteiger charge is -2.19. The molecule has 1 aliphatic heterocycles. The molecule has 0 bridgehead atoms. The van der Waals surface area contributed by atoms with Gasteiger partial charge in [-0.25, -0.2) is 4.98 Å². The number of rotatable bonds is 2. The molecule has 4 nitrogen and oxygen atoms in total. The lowest BCUT2D eigenvalue weighted by Crippen LogP contribution is -2.20. The molecule has 1 aromatic carbocycles. The minimum absolute atomic E-state index is 0.0732. The van der Waals surface area contributed by atoms with Crippen LogP contribution in [-0.4, -0.2) is 27.7 Å². The Labute approximate surface area is 151 Å². The van der Waals surface area contributed by atoms with Gasteiger partial charge in [0.2, 0.25) is 5.95 Å². The standard InChI is InChI=1S/C17H13ClF4N4/c18-14-7-13(16-23-8-15(19)26(16)24-14)25-6-5-11(9-25)10-1-3-12(4-2-10)17(20,21)22/h1-4,7-8,11H,5-6,9H2. The van der Waals surface area contributed by atoms with E-state index in [0.717, 1.165) is 34.8 Å². The van der Waals surface area contributed by atoms with Gasteiger partial charge in [0.1, 0.15) is 0 Å². The van der Waals surface area contributed by atoms with E-state index in [4.69, 9.17) is 11.6 Å². The summed E-state index contributed by atoms with van der Waals surface area (Å²) in [6, 6.07) is 6.86. The van der Waals surface area contributed by atoms with Crippen molar-refractivity contribution in [1.29, 1.82) is 0 Å². The second-order valence-corrected chi connectivity index (χ2v) is 6.61. The van der Waals surface area contributed by atoms with Crippen molar-refractivity contribution in [2.75, 3.05) is 18.0 Å². The molecule has 26 heavy (non-hydrogen) atoms. The van der Waals surface area contributed by atoms with Crippen LogP contribution >= 0.6 is 11.6 Å². The summed E-state index contributed by atoms with van der Waals surface area (Å²) < 4.78 is 52.9. The van der Waals surface area contributed by atoms with Gasteiger partial charge in [-0.05, 0) is 24.1 Å². The van der Waals surface area contributed by atoms with Gasteiger partial charge < -0.3 is 4.90 Å². The Bertz CT molecular complexity index is 952.